The van der Waals surface area contributed by atoms with Gasteiger partial charge in [-0.05, 0) is 31.4 Å². The molecule has 0 fully saturated rings. The number of halogens is 6. The fourth-order valence-corrected chi connectivity index (χ4v) is 3.09. The highest BCUT2D eigenvalue weighted by molar-refractivity contribution is 5.78. The summed E-state index contributed by atoms with van der Waals surface area (Å²) in [5.41, 5.74) is -1.64. The highest BCUT2D eigenvalue weighted by Crippen LogP contribution is 2.43. The van der Waals surface area contributed by atoms with E-state index in [2.05, 4.69) is 15.1 Å². The summed E-state index contributed by atoms with van der Waals surface area (Å²) in [5, 5.41) is 14.8. The van der Waals surface area contributed by atoms with Crippen LogP contribution in [0.1, 0.15) is 31.6 Å². The highest BCUT2D eigenvalue weighted by Gasteiger charge is 2.46. The van der Waals surface area contributed by atoms with E-state index in [0.29, 0.717) is 0 Å². The molecule has 0 saturated carbocycles. The van der Waals surface area contributed by atoms with E-state index in [4.69, 9.17) is 4.52 Å². The molecule has 0 spiro atoms. The van der Waals surface area contributed by atoms with Crippen LogP contribution in [0.4, 0.5) is 26.3 Å². The maximum atomic E-state index is 13.2. The maximum absolute atomic E-state index is 13.2. The third-order valence-corrected chi connectivity index (χ3v) is 4.66. The van der Waals surface area contributed by atoms with Gasteiger partial charge in [-0.25, -0.2) is 4.98 Å². The first-order chi connectivity index (χ1) is 14.4. The van der Waals surface area contributed by atoms with Crippen LogP contribution < -0.4 is 5.32 Å². The second kappa shape index (κ2) is 8.55. The Hall–Kier alpha value is -3.12. The largest absolute Gasteiger partial charge is 0.506 e. The molecule has 168 valence electrons. The summed E-state index contributed by atoms with van der Waals surface area (Å²) < 4.78 is 83.3. The average molecular weight is 450 g/mol. The molecule has 0 aliphatic heterocycles. The molecule has 2 N–H and O–H groups in total. The number of aromatic hydroxyl groups is 1. The van der Waals surface area contributed by atoms with Gasteiger partial charge in [0.15, 0.2) is 0 Å². The van der Waals surface area contributed by atoms with Gasteiger partial charge in [0.25, 0.3) is 0 Å². The Labute approximate surface area is 171 Å². The lowest BCUT2D eigenvalue weighted by molar-refractivity contribution is -0.180. The minimum absolute atomic E-state index is 0.0122. The number of alkyl halides is 6. The molecule has 13 heteroatoms. The lowest BCUT2D eigenvalue weighted by Crippen LogP contribution is -2.35. The Bertz CT molecular complexity index is 966. The zero-order valence-electron chi connectivity index (χ0n) is 15.7. The first kappa shape index (κ1) is 22.6. The van der Waals surface area contributed by atoms with Gasteiger partial charge >= 0.3 is 12.4 Å². The van der Waals surface area contributed by atoms with Crippen molar-refractivity contribution < 1.29 is 40.8 Å². The normalized spacial score (nSPS) is 17.7. The third-order valence-electron chi connectivity index (χ3n) is 4.66. The van der Waals surface area contributed by atoms with Gasteiger partial charge in [0.2, 0.25) is 17.6 Å². The molecule has 0 bridgehead atoms. The van der Waals surface area contributed by atoms with Crippen LogP contribution in [0.25, 0.3) is 11.5 Å². The van der Waals surface area contributed by atoms with Crippen molar-refractivity contribution in [2.45, 2.75) is 44.5 Å². The minimum atomic E-state index is -4.84. The SMILES string of the molecule is O=C(CCc1nc(-c2ccc(O)cn2)no1)NC1=C(C(F)(F)F)CCC(C(F)(F)F)C1. The fraction of sp³-hybridized carbons (Fsp3) is 0.444. The van der Waals surface area contributed by atoms with Crippen molar-refractivity contribution in [2.75, 3.05) is 0 Å². The summed E-state index contributed by atoms with van der Waals surface area (Å²) in [5.74, 6) is -2.88. The summed E-state index contributed by atoms with van der Waals surface area (Å²) in [6.45, 7) is 0. The quantitative estimate of drug-likeness (QED) is 0.667. The van der Waals surface area contributed by atoms with E-state index in [1.54, 1.807) is 0 Å². The smallest absolute Gasteiger partial charge is 0.414 e. The van der Waals surface area contributed by atoms with Crippen molar-refractivity contribution in [1.82, 2.24) is 20.4 Å². The van der Waals surface area contributed by atoms with Crippen LogP contribution >= 0.6 is 0 Å². The third kappa shape index (κ3) is 5.73. The summed E-state index contributed by atoms with van der Waals surface area (Å²) in [6.07, 6.45) is -11.3. The molecule has 1 amide bonds. The van der Waals surface area contributed by atoms with E-state index in [1.165, 1.54) is 12.1 Å². The summed E-state index contributed by atoms with van der Waals surface area (Å²) >= 11 is 0. The van der Waals surface area contributed by atoms with Gasteiger partial charge in [-0.1, -0.05) is 5.16 Å². The van der Waals surface area contributed by atoms with Crippen molar-refractivity contribution in [3.05, 3.63) is 35.5 Å². The number of carbonyl (C=O) groups is 1. The number of nitrogens with one attached hydrogen (secondary N) is 1. The predicted octanol–water partition coefficient (Wildman–Crippen LogP) is 4.06. The minimum Gasteiger partial charge on any atom is -0.506 e. The molecule has 0 saturated heterocycles. The van der Waals surface area contributed by atoms with Crippen molar-refractivity contribution in [3.63, 3.8) is 0 Å². The number of carbonyl (C=O) groups excluding carboxylic acids is 1. The molecule has 0 aromatic carbocycles. The standard InChI is InChI=1S/C18H16F6N4O3/c19-17(20,21)9-1-3-11(18(22,23)24)13(7-9)26-14(30)5-6-15-27-16(28-31-15)12-4-2-10(29)8-25-12/h2,4,8-9,29H,1,3,5-7H2,(H,26,30). The van der Waals surface area contributed by atoms with Gasteiger partial charge in [-0.3, -0.25) is 4.79 Å². The van der Waals surface area contributed by atoms with E-state index in [9.17, 15) is 36.2 Å². The first-order valence-corrected chi connectivity index (χ1v) is 9.07. The van der Waals surface area contributed by atoms with Crippen LogP contribution in [-0.2, 0) is 11.2 Å². The zero-order valence-corrected chi connectivity index (χ0v) is 15.7. The van der Waals surface area contributed by atoms with Gasteiger partial charge in [0.05, 0.1) is 17.7 Å². The molecule has 1 atom stereocenters. The van der Waals surface area contributed by atoms with Crippen LogP contribution in [-0.4, -0.2) is 38.5 Å². The molecule has 2 aromatic heterocycles. The van der Waals surface area contributed by atoms with E-state index in [0.717, 1.165) is 6.20 Å². The summed E-state index contributed by atoms with van der Waals surface area (Å²) in [6, 6.07) is 2.76. The summed E-state index contributed by atoms with van der Waals surface area (Å²) in [4.78, 5) is 20.0. The Morgan fingerprint density at radius 1 is 1.23 bits per heavy atom. The number of nitrogens with zero attached hydrogens (tertiary/aromatic N) is 3. The van der Waals surface area contributed by atoms with Gasteiger partial charge in [-0.15, -0.1) is 0 Å². The number of hydrogen-bond acceptors (Lipinski definition) is 6. The van der Waals surface area contributed by atoms with E-state index in [1.807, 2.05) is 5.32 Å². The van der Waals surface area contributed by atoms with Crippen molar-refractivity contribution in [2.24, 2.45) is 5.92 Å². The Kier molecular flexibility index (Phi) is 6.23. The lowest BCUT2D eigenvalue weighted by atomic mass is 9.86. The molecule has 31 heavy (non-hydrogen) atoms. The van der Waals surface area contributed by atoms with Crippen LogP contribution in [0.5, 0.6) is 5.75 Å². The van der Waals surface area contributed by atoms with Crippen LogP contribution in [0.15, 0.2) is 34.1 Å². The fourth-order valence-electron chi connectivity index (χ4n) is 3.09. The number of aromatic nitrogens is 3. The zero-order chi connectivity index (χ0) is 22.8. The van der Waals surface area contributed by atoms with E-state index >= 15 is 0 Å². The van der Waals surface area contributed by atoms with E-state index < -0.39 is 54.7 Å². The molecular formula is C18H16F6N4O3. The van der Waals surface area contributed by atoms with Gasteiger partial charge < -0.3 is 14.9 Å². The van der Waals surface area contributed by atoms with E-state index in [-0.39, 0.29) is 36.0 Å². The van der Waals surface area contributed by atoms with Crippen LogP contribution in [0.3, 0.4) is 0 Å². The molecule has 3 rings (SSSR count). The van der Waals surface area contributed by atoms with Gasteiger partial charge in [0, 0.05) is 18.5 Å². The van der Waals surface area contributed by atoms with Crippen molar-refractivity contribution in [1.29, 1.82) is 0 Å². The topological polar surface area (TPSA) is 101 Å². The first-order valence-electron chi connectivity index (χ1n) is 9.07. The lowest BCUT2D eigenvalue weighted by Gasteiger charge is -2.29. The number of amides is 1. The molecule has 0 radical (unpaired) electrons. The average Bonchev–Trinajstić information content (AvgIpc) is 3.14. The second-order valence-electron chi connectivity index (χ2n) is 6.90. The van der Waals surface area contributed by atoms with Crippen LogP contribution in [0, 0.1) is 5.92 Å². The molecule has 1 unspecified atom stereocenters. The Morgan fingerprint density at radius 3 is 2.58 bits per heavy atom. The predicted molar refractivity (Wildman–Crippen MR) is 92.1 cm³/mol. The number of allylic oxidation sites excluding steroid dienone is 2. The number of hydrogen-bond donors (Lipinski definition) is 2. The number of pyridine rings is 1. The molecule has 7 nitrogen and oxygen atoms in total. The monoisotopic (exact) mass is 450 g/mol. The van der Waals surface area contributed by atoms with Crippen molar-refractivity contribution >= 4 is 5.91 Å². The van der Waals surface area contributed by atoms with Crippen molar-refractivity contribution in [3.8, 4) is 17.3 Å². The Balaban J connectivity index is 1.65. The molecule has 2 aromatic rings. The van der Waals surface area contributed by atoms with Crippen LogP contribution in [0.2, 0.25) is 0 Å². The van der Waals surface area contributed by atoms with Gasteiger partial charge in [-0.2, -0.15) is 31.3 Å². The summed E-state index contributed by atoms with van der Waals surface area (Å²) in [7, 11) is 0. The number of rotatable bonds is 5. The second-order valence-corrected chi connectivity index (χ2v) is 6.90. The highest BCUT2D eigenvalue weighted by atomic mass is 19.4. The molecular weight excluding hydrogens is 434 g/mol. The Morgan fingerprint density at radius 2 is 1.97 bits per heavy atom. The molecule has 1 aliphatic rings. The molecule has 2 heterocycles. The maximum Gasteiger partial charge on any atom is 0.414 e. The number of aryl methyl sites for hydroxylation is 1. The molecule has 1 aliphatic carbocycles. The van der Waals surface area contributed by atoms with Gasteiger partial charge in [0.1, 0.15) is 11.4 Å².